The highest BCUT2D eigenvalue weighted by Crippen LogP contribution is 2.30. The first-order valence-electron chi connectivity index (χ1n) is 10.8. The Balaban J connectivity index is 1.34. The molecular formula is C25H22N4O4. The van der Waals surface area contributed by atoms with Crippen LogP contribution in [0, 0.1) is 6.92 Å². The molecule has 3 heterocycles. The van der Waals surface area contributed by atoms with E-state index in [9.17, 15) is 9.59 Å². The molecule has 5 rings (SSSR count). The van der Waals surface area contributed by atoms with Crippen LogP contribution in [0.5, 0.6) is 0 Å². The van der Waals surface area contributed by atoms with Crippen molar-refractivity contribution in [1.82, 2.24) is 15.7 Å². The summed E-state index contributed by atoms with van der Waals surface area (Å²) in [6.07, 6.45) is 3.76. The van der Waals surface area contributed by atoms with Crippen LogP contribution in [-0.2, 0) is 13.0 Å². The Morgan fingerprint density at radius 3 is 2.79 bits per heavy atom. The first-order valence-corrected chi connectivity index (χ1v) is 10.8. The molecule has 0 unspecified atom stereocenters. The van der Waals surface area contributed by atoms with E-state index in [2.05, 4.69) is 20.8 Å². The number of benzene rings is 1. The topological polar surface area (TPSA) is 110 Å². The molecular weight excluding hydrogens is 420 g/mol. The second-order valence-corrected chi connectivity index (χ2v) is 7.86. The zero-order chi connectivity index (χ0) is 22.8. The standard InChI is InChI=1S/C25H22N4O4/c1-15-22-19(28-29-24(30)20-12-11-16-6-2-3-8-18(16)27-20)9-4-10-21(22)33-23(15)25(31)26-14-17-7-5-13-32-17/h2-3,5-8,11-13H,4,9-10,14H2,1H3,(H,26,31)(H,29,30)/b28-19+. The summed E-state index contributed by atoms with van der Waals surface area (Å²) in [4.78, 5) is 29.8. The highest BCUT2D eigenvalue weighted by atomic mass is 16.4. The molecule has 8 nitrogen and oxygen atoms in total. The van der Waals surface area contributed by atoms with E-state index in [-0.39, 0.29) is 23.9 Å². The molecule has 1 aromatic carbocycles. The van der Waals surface area contributed by atoms with E-state index in [1.165, 1.54) is 0 Å². The van der Waals surface area contributed by atoms with Crippen molar-refractivity contribution in [1.29, 1.82) is 0 Å². The van der Waals surface area contributed by atoms with Crippen LogP contribution in [0.15, 0.2) is 68.7 Å². The van der Waals surface area contributed by atoms with Gasteiger partial charge >= 0.3 is 0 Å². The molecule has 2 N–H and O–H groups in total. The Hall–Kier alpha value is -4.20. The monoisotopic (exact) mass is 442 g/mol. The van der Waals surface area contributed by atoms with E-state index in [0.717, 1.165) is 22.9 Å². The summed E-state index contributed by atoms with van der Waals surface area (Å²) in [5.74, 6) is 0.909. The van der Waals surface area contributed by atoms with Crippen molar-refractivity contribution in [3.05, 3.63) is 88.9 Å². The predicted octanol–water partition coefficient (Wildman–Crippen LogP) is 4.13. The number of rotatable bonds is 5. The molecule has 3 aromatic heterocycles. The Labute approximate surface area is 189 Å². The van der Waals surface area contributed by atoms with Gasteiger partial charge < -0.3 is 14.2 Å². The molecule has 8 heteroatoms. The molecule has 166 valence electrons. The van der Waals surface area contributed by atoms with Gasteiger partial charge in [0.15, 0.2) is 5.76 Å². The molecule has 0 bridgehead atoms. The van der Waals surface area contributed by atoms with Crippen molar-refractivity contribution in [2.24, 2.45) is 5.10 Å². The first-order chi connectivity index (χ1) is 16.1. The van der Waals surface area contributed by atoms with E-state index in [4.69, 9.17) is 8.83 Å². The van der Waals surface area contributed by atoms with Crippen LogP contribution < -0.4 is 10.7 Å². The second-order valence-electron chi connectivity index (χ2n) is 7.86. The first kappa shape index (κ1) is 20.7. The molecule has 0 radical (unpaired) electrons. The van der Waals surface area contributed by atoms with E-state index in [0.29, 0.717) is 35.6 Å². The minimum absolute atomic E-state index is 0.253. The predicted molar refractivity (Wildman–Crippen MR) is 122 cm³/mol. The van der Waals surface area contributed by atoms with E-state index >= 15 is 0 Å². The lowest BCUT2D eigenvalue weighted by molar-refractivity contribution is 0.0916. The second kappa shape index (κ2) is 8.74. The minimum atomic E-state index is -0.391. The number of amides is 2. The average Bonchev–Trinajstić information content (AvgIpc) is 3.49. The minimum Gasteiger partial charge on any atom is -0.467 e. The van der Waals surface area contributed by atoms with Gasteiger partial charge in [-0.05, 0) is 44.0 Å². The molecule has 33 heavy (non-hydrogen) atoms. The maximum Gasteiger partial charge on any atom is 0.289 e. The number of nitrogens with one attached hydrogen (secondary N) is 2. The maximum absolute atomic E-state index is 12.7. The molecule has 1 aliphatic rings. The number of carbonyl (C=O) groups excluding carboxylic acids is 2. The highest BCUT2D eigenvalue weighted by Gasteiger charge is 2.28. The zero-order valence-electron chi connectivity index (χ0n) is 18.1. The summed E-state index contributed by atoms with van der Waals surface area (Å²) in [6.45, 7) is 2.10. The Morgan fingerprint density at radius 2 is 1.94 bits per heavy atom. The molecule has 0 aliphatic heterocycles. The number of pyridine rings is 1. The lowest BCUT2D eigenvalue weighted by atomic mass is 9.93. The van der Waals surface area contributed by atoms with E-state index in [1.807, 2.05) is 37.3 Å². The van der Waals surface area contributed by atoms with Gasteiger partial charge in [0.25, 0.3) is 11.8 Å². The van der Waals surface area contributed by atoms with Crippen molar-refractivity contribution < 1.29 is 18.4 Å². The fourth-order valence-electron chi connectivity index (χ4n) is 4.03. The van der Waals surface area contributed by atoms with Crippen LogP contribution in [0.25, 0.3) is 10.9 Å². The van der Waals surface area contributed by atoms with Crippen LogP contribution in [-0.4, -0.2) is 22.5 Å². The normalized spacial score (nSPS) is 14.3. The number of hydrogen-bond donors (Lipinski definition) is 2. The van der Waals surface area contributed by atoms with Crippen LogP contribution in [0.3, 0.4) is 0 Å². The number of nitrogens with zero attached hydrogens (tertiary/aromatic N) is 2. The molecule has 0 fully saturated rings. The van der Waals surface area contributed by atoms with Gasteiger partial charge in [-0.25, -0.2) is 10.4 Å². The van der Waals surface area contributed by atoms with Crippen LogP contribution in [0.1, 0.15) is 56.5 Å². The number of para-hydroxylation sites is 1. The van der Waals surface area contributed by atoms with Gasteiger partial charge in [-0.15, -0.1) is 0 Å². The van der Waals surface area contributed by atoms with Crippen LogP contribution in [0.2, 0.25) is 0 Å². The highest BCUT2D eigenvalue weighted by molar-refractivity contribution is 6.07. The number of furan rings is 2. The lowest BCUT2D eigenvalue weighted by Crippen LogP contribution is -2.24. The lowest BCUT2D eigenvalue weighted by Gasteiger charge is -2.13. The number of aryl methyl sites for hydroxylation is 1. The molecule has 0 atom stereocenters. The molecule has 1 aliphatic carbocycles. The summed E-state index contributed by atoms with van der Waals surface area (Å²) < 4.78 is 11.1. The van der Waals surface area contributed by atoms with Gasteiger partial charge in [0.05, 0.1) is 24.0 Å². The van der Waals surface area contributed by atoms with Crippen LogP contribution in [0.4, 0.5) is 0 Å². The number of aromatic nitrogens is 1. The number of hydrazone groups is 1. The van der Waals surface area contributed by atoms with Gasteiger partial charge in [0, 0.05) is 22.9 Å². The maximum atomic E-state index is 12.7. The van der Waals surface area contributed by atoms with Crippen molar-refractivity contribution in [2.45, 2.75) is 32.7 Å². The number of hydrogen-bond acceptors (Lipinski definition) is 6. The molecule has 2 amide bonds. The molecule has 4 aromatic rings. The molecule has 0 spiro atoms. The van der Waals surface area contributed by atoms with Gasteiger partial charge in [0.2, 0.25) is 0 Å². The fraction of sp³-hybridized carbons (Fsp3) is 0.200. The number of fused-ring (bicyclic) bond motifs is 2. The van der Waals surface area contributed by atoms with Gasteiger partial charge in [-0.1, -0.05) is 24.3 Å². The third kappa shape index (κ3) is 4.15. The third-order valence-electron chi connectivity index (χ3n) is 5.66. The third-order valence-corrected chi connectivity index (χ3v) is 5.66. The van der Waals surface area contributed by atoms with E-state index in [1.54, 1.807) is 24.5 Å². The summed E-state index contributed by atoms with van der Waals surface area (Å²) >= 11 is 0. The Morgan fingerprint density at radius 1 is 1.06 bits per heavy atom. The SMILES string of the molecule is Cc1c(C(=O)NCc2ccco2)oc2c1/C(=N/NC(=O)c1ccc3ccccc3n1)CCC2. The van der Waals surface area contributed by atoms with Gasteiger partial charge in [0.1, 0.15) is 17.2 Å². The van der Waals surface area contributed by atoms with E-state index < -0.39 is 5.91 Å². The van der Waals surface area contributed by atoms with Crippen LogP contribution >= 0.6 is 0 Å². The summed E-state index contributed by atoms with van der Waals surface area (Å²) in [6, 6.07) is 14.7. The smallest absolute Gasteiger partial charge is 0.289 e. The number of carbonyl (C=O) groups is 2. The quantitative estimate of drug-likeness (QED) is 0.452. The Kier molecular flexibility index (Phi) is 5.48. The van der Waals surface area contributed by atoms with Gasteiger partial charge in [-0.3, -0.25) is 9.59 Å². The van der Waals surface area contributed by atoms with Crippen molar-refractivity contribution in [3.63, 3.8) is 0 Å². The molecule has 0 saturated carbocycles. The fourth-order valence-corrected chi connectivity index (χ4v) is 4.03. The summed E-state index contributed by atoms with van der Waals surface area (Å²) in [5, 5.41) is 8.14. The van der Waals surface area contributed by atoms with Crippen molar-refractivity contribution in [2.75, 3.05) is 0 Å². The summed E-state index contributed by atoms with van der Waals surface area (Å²) in [5.41, 5.74) is 5.83. The van der Waals surface area contributed by atoms with Gasteiger partial charge in [-0.2, -0.15) is 5.10 Å². The van der Waals surface area contributed by atoms with Crippen molar-refractivity contribution >= 4 is 28.4 Å². The average molecular weight is 442 g/mol. The van der Waals surface area contributed by atoms with Crippen molar-refractivity contribution in [3.8, 4) is 0 Å². The molecule has 0 saturated heterocycles. The largest absolute Gasteiger partial charge is 0.467 e. The summed E-state index contributed by atoms with van der Waals surface area (Å²) in [7, 11) is 0. The zero-order valence-corrected chi connectivity index (χ0v) is 18.1. The Bertz CT molecular complexity index is 1370.